The lowest BCUT2D eigenvalue weighted by Gasteiger charge is -2.23. The summed E-state index contributed by atoms with van der Waals surface area (Å²) in [6, 6.07) is 6.64. The molecule has 1 aliphatic rings. The van der Waals surface area contributed by atoms with E-state index in [2.05, 4.69) is 27.2 Å². The molecular weight excluding hydrogens is 214 g/mol. The van der Waals surface area contributed by atoms with Gasteiger partial charge in [-0.2, -0.15) is 5.10 Å². The van der Waals surface area contributed by atoms with E-state index in [1.807, 2.05) is 12.3 Å². The zero-order valence-electron chi connectivity index (χ0n) is 10.0. The molecule has 0 aliphatic carbocycles. The van der Waals surface area contributed by atoms with Crippen molar-refractivity contribution in [3.63, 3.8) is 0 Å². The van der Waals surface area contributed by atoms with Crippen LogP contribution in [0.25, 0.3) is 10.9 Å². The van der Waals surface area contributed by atoms with Crippen molar-refractivity contribution in [2.24, 2.45) is 0 Å². The van der Waals surface area contributed by atoms with Crippen molar-refractivity contribution in [3.05, 3.63) is 24.4 Å². The molecule has 1 aromatic carbocycles. The first kappa shape index (κ1) is 10.6. The van der Waals surface area contributed by atoms with Crippen molar-refractivity contribution in [2.75, 3.05) is 20.2 Å². The Morgan fingerprint density at radius 3 is 2.94 bits per heavy atom. The van der Waals surface area contributed by atoms with Gasteiger partial charge in [0.25, 0.3) is 0 Å². The molecule has 0 saturated carbocycles. The van der Waals surface area contributed by atoms with Crippen molar-refractivity contribution < 1.29 is 4.74 Å². The van der Waals surface area contributed by atoms with Crippen LogP contribution in [-0.2, 0) is 0 Å². The Bertz CT molecular complexity index is 514. The lowest BCUT2D eigenvalue weighted by Crippen LogP contribution is -2.29. The highest BCUT2D eigenvalue weighted by Gasteiger charge is 2.17. The number of ether oxygens (including phenoxy) is 1. The van der Waals surface area contributed by atoms with Crippen LogP contribution in [0.5, 0.6) is 5.75 Å². The number of aromatic nitrogens is 2. The molecule has 1 aliphatic heterocycles. The second-order valence-electron chi connectivity index (χ2n) is 4.50. The number of hydrogen-bond acceptors (Lipinski definition) is 3. The van der Waals surface area contributed by atoms with Crippen LogP contribution in [0.2, 0.25) is 0 Å². The van der Waals surface area contributed by atoms with E-state index in [0.717, 1.165) is 31.7 Å². The van der Waals surface area contributed by atoms with E-state index >= 15 is 0 Å². The van der Waals surface area contributed by atoms with Crippen molar-refractivity contribution in [2.45, 2.75) is 18.9 Å². The number of methoxy groups -OCH3 is 1. The summed E-state index contributed by atoms with van der Waals surface area (Å²) >= 11 is 0. The molecule has 2 heterocycles. The Labute approximate surface area is 101 Å². The predicted molar refractivity (Wildman–Crippen MR) is 67.4 cm³/mol. The maximum atomic E-state index is 5.28. The van der Waals surface area contributed by atoms with E-state index in [-0.39, 0.29) is 0 Å². The van der Waals surface area contributed by atoms with E-state index in [1.54, 1.807) is 7.11 Å². The third kappa shape index (κ3) is 1.89. The molecule has 90 valence electrons. The highest BCUT2D eigenvalue weighted by molar-refractivity contribution is 5.80. The van der Waals surface area contributed by atoms with Crippen LogP contribution < -0.4 is 10.1 Å². The van der Waals surface area contributed by atoms with Gasteiger partial charge in [0.05, 0.1) is 24.9 Å². The van der Waals surface area contributed by atoms with Crippen LogP contribution in [-0.4, -0.2) is 30.0 Å². The molecule has 2 aromatic rings. The lowest BCUT2D eigenvalue weighted by atomic mass is 10.1. The SMILES string of the molecule is COc1ccc2cnn(C3CCNCC3)c2c1. The average Bonchev–Trinajstić information content (AvgIpc) is 2.82. The Hall–Kier alpha value is -1.55. The number of nitrogens with one attached hydrogen (secondary N) is 1. The van der Waals surface area contributed by atoms with Gasteiger partial charge in [0.15, 0.2) is 0 Å². The Morgan fingerprint density at radius 2 is 2.18 bits per heavy atom. The molecule has 1 saturated heterocycles. The largest absolute Gasteiger partial charge is 0.497 e. The predicted octanol–water partition coefficient (Wildman–Crippen LogP) is 1.97. The van der Waals surface area contributed by atoms with Gasteiger partial charge in [-0.05, 0) is 38.1 Å². The van der Waals surface area contributed by atoms with Crippen molar-refractivity contribution in [3.8, 4) is 5.75 Å². The summed E-state index contributed by atoms with van der Waals surface area (Å²) in [6.45, 7) is 2.16. The smallest absolute Gasteiger partial charge is 0.121 e. The number of hydrogen-bond donors (Lipinski definition) is 1. The number of nitrogens with zero attached hydrogens (tertiary/aromatic N) is 2. The van der Waals surface area contributed by atoms with Gasteiger partial charge < -0.3 is 10.1 Å². The van der Waals surface area contributed by atoms with Gasteiger partial charge >= 0.3 is 0 Å². The van der Waals surface area contributed by atoms with Crippen LogP contribution in [0.1, 0.15) is 18.9 Å². The average molecular weight is 231 g/mol. The summed E-state index contributed by atoms with van der Waals surface area (Å²) in [6.07, 6.45) is 4.23. The summed E-state index contributed by atoms with van der Waals surface area (Å²) < 4.78 is 7.43. The number of benzene rings is 1. The van der Waals surface area contributed by atoms with Gasteiger partial charge in [-0.25, -0.2) is 0 Å². The van der Waals surface area contributed by atoms with Crippen LogP contribution in [0, 0.1) is 0 Å². The van der Waals surface area contributed by atoms with Gasteiger partial charge in [-0.3, -0.25) is 4.68 Å². The summed E-state index contributed by atoms with van der Waals surface area (Å²) in [5.74, 6) is 0.896. The highest BCUT2D eigenvalue weighted by Crippen LogP contribution is 2.26. The van der Waals surface area contributed by atoms with Crippen molar-refractivity contribution in [1.82, 2.24) is 15.1 Å². The molecule has 17 heavy (non-hydrogen) atoms. The molecule has 1 fully saturated rings. The van der Waals surface area contributed by atoms with Crippen LogP contribution in [0.3, 0.4) is 0 Å². The molecule has 0 amide bonds. The lowest BCUT2D eigenvalue weighted by molar-refractivity contribution is 0.351. The summed E-state index contributed by atoms with van der Waals surface area (Å²) in [4.78, 5) is 0. The normalized spacial score (nSPS) is 17.5. The molecule has 0 bridgehead atoms. The number of rotatable bonds is 2. The van der Waals surface area contributed by atoms with Crippen molar-refractivity contribution >= 4 is 10.9 Å². The zero-order valence-corrected chi connectivity index (χ0v) is 10.0. The minimum Gasteiger partial charge on any atom is -0.497 e. The number of piperidine rings is 1. The molecule has 0 atom stereocenters. The fourth-order valence-electron chi connectivity index (χ4n) is 2.49. The maximum absolute atomic E-state index is 5.28. The van der Waals surface area contributed by atoms with Crippen LogP contribution in [0.4, 0.5) is 0 Å². The summed E-state index contributed by atoms with van der Waals surface area (Å²) in [5.41, 5.74) is 1.18. The first-order valence-electron chi connectivity index (χ1n) is 6.10. The summed E-state index contributed by atoms with van der Waals surface area (Å²) in [5, 5.41) is 9.09. The Morgan fingerprint density at radius 1 is 1.35 bits per heavy atom. The van der Waals surface area contributed by atoms with E-state index < -0.39 is 0 Å². The molecule has 4 nitrogen and oxygen atoms in total. The maximum Gasteiger partial charge on any atom is 0.121 e. The molecule has 4 heteroatoms. The van der Waals surface area contributed by atoms with Gasteiger partial charge in [0.1, 0.15) is 5.75 Å². The standard InChI is InChI=1S/C13H17N3O/c1-17-12-3-2-10-9-15-16(13(10)8-12)11-4-6-14-7-5-11/h2-3,8-9,11,14H,4-7H2,1H3. The van der Waals surface area contributed by atoms with Crippen LogP contribution in [0.15, 0.2) is 24.4 Å². The second-order valence-corrected chi connectivity index (χ2v) is 4.50. The van der Waals surface area contributed by atoms with Gasteiger partial charge in [0, 0.05) is 11.5 Å². The highest BCUT2D eigenvalue weighted by atomic mass is 16.5. The van der Waals surface area contributed by atoms with Gasteiger partial charge in [0.2, 0.25) is 0 Å². The third-order valence-electron chi connectivity index (χ3n) is 3.46. The van der Waals surface area contributed by atoms with E-state index in [9.17, 15) is 0 Å². The number of fused-ring (bicyclic) bond motifs is 1. The first-order valence-corrected chi connectivity index (χ1v) is 6.10. The molecule has 1 N–H and O–H groups in total. The minimum absolute atomic E-state index is 0.515. The first-order chi connectivity index (χ1) is 8.38. The Kier molecular flexibility index (Phi) is 2.73. The molecule has 3 rings (SSSR count). The molecular formula is C13H17N3O. The monoisotopic (exact) mass is 231 g/mol. The quantitative estimate of drug-likeness (QED) is 0.859. The fraction of sp³-hybridized carbons (Fsp3) is 0.462. The molecule has 1 aromatic heterocycles. The van der Waals surface area contributed by atoms with Gasteiger partial charge in [-0.15, -0.1) is 0 Å². The van der Waals surface area contributed by atoms with Gasteiger partial charge in [-0.1, -0.05) is 0 Å². The fourth-order valence-corrected chi connectivity index (χ4v) is 2.49. The minimum atomic E-state index is 0.515. The summed E-state index contributed by atoms with van der Waals surface area (Å²) in [7, 11) is 1.70. The van der Waals surface area contributed by atoms with E-state index in [4.69, 9.17) is 4.74 Å². The Balaban J connectivity index is 2.02. The van der Waals surface area contributed by atoms with Crippen molar-refractivity contribution in [1.29, 1.82) is 0 Å². The van der Waals surface area contributed by atoms with E-state index in [0.29, 0.717) is 6.04 Å². The molecule has 0 spiro atoms. The zero-order chi connectivity index (χ0) is 11.7. The molecule has 0 unspecified atom stereocenters. The second kappa shape index (κ2) is 4.37. The molecule has 0 radical (unpaired) electrons. The third-order valence-corrected chi connectivity index (χ3v) is 3.46. The van der Waals surface area contributed by atoms with Crippen LogP contribution >= 0.6 is 0 Å². The topological polar surface area (TPSA) is 39.1 Å². The van der Waals surface area contributed by atoms with E-state index in [1.165, 1.54) is 10.9 Å².